The number of carbonyl (C=O) groups is 3. The van der Waals surface area contributed by atoms with Crippen molar-refractivity contribution in [2.45, 2.75) is 45.1 Å². The highest BCUT2D eigenvalue weighted by atomic mass is 32.1. The summed E-state index contributed by atoms with van der Waals surface area (Å²) >= 11 is 1.42. The standard InChI is InChI=1S/C22H21N3O5S/c1-22(2)21(29)25(15-8-7-12(20(27)28)9-16(15)30-22)11-18(26)24-19-14(10-23)13-5-3-4-6-17(13)31-19/h7-9H,3-6,11H2,1-2H3,(H,24,26)(H,27,28). The van der Waals surface area contributed by atoms with E-state index in [2.05, 4.69) is 11.4 Å². The fraction of sp³-hybridized carbons (Fsp3) is 0.364. The minimum absolute atomic E-state index is 0.0242. The quantitative estimate of drug-likeness (QED) is 0.754. The van der Waals surface area contributed by atoms with Crippen molar-refractivity contribution >= 4 is 39.8 Å². The molecule has 0 fully saturated rings. The van der Waals surface area contributed by atoms with Crippen molar-refractivity contribution in [3.05, 3.63) is 39.8 Å². The predicted molar refractivity (Wildman–Crippen MR) is 115 cm³/mol. The van der Waals surface area contributed by atoms with E-state index in [0.717, 1.165) is 36.1 Å². The van der Waals surface area contributed by atoms with Crippen LogP contribution in [-0.2, 0) is 22.4 Å². The van der Waals surface area contributed by atoms with E-state index in [4.69, 9.17) is 4.74 Å². The molecule has 0 atom stereocenters. The van der Waals surface area contributed by atoms with Gasteiger partial charge in [-0.05, 0) is 63.3 Å². The molecule has 2 aliphatic rings. The second-order valence-electron chi connectivity index (χ2n) is 8.07. The lowest BCUT2D eigenvalue weighted by atomic mass is 9.96. The van der Waals surface area contributed by atoms with Crippen LogP contribution in [-0.4, -0.2) is 35.0 Å². The van der Waals surface area contributed by atoms with E-state index in [1.807, 2.05) is 0 Å². The number of hydrogen-bond donors (Lipinski definition) is 2. The summed E-state index contributed by atoms with van der Waals surface area (Å²) in [5.41, 5.74) is 0.619. The molecule has 9 heteroatoms. The molecule has 0 spiro atoms. The number of thiophene rings is 1. The molecule has 31 heavy (non-hydrogen) atoms. The Balaban J connectivity index is 1.61. The van der Waals surface area contributed by atoms with E-state index in [9.17, 15) is 24.8 Å². The number of ether oxygens (including phenoxy) is 1. The van der Waals surface area contributed by atoms with Gasteiger partial charge in [-0.25, -0.2) is 4.79 Å². The lowest BCUT2D eigenvalue weighted by molar-refractivity contribution is -0.133. The molecule has 4 rings (SSSR count). The molecule has 8 nitrogen and oxygen atoms in total. The Kier molecular flexibility index (Phi) is 5.19. The summed E-state index contributed by atoms with van der Waals surface area (Å²) < 4.78 is 5.72. The number of rotatable bonds is 4. The number of carbonyl (C=O) groups excluding carboxylic acids is 2. The molecule has 2 N–H and O–H groups in total. The van der Waals surface area contributed by atoms with Gasteiger partial charge in [0.05, 0.1) is 16.8 Å². The molecular formula is C22H21N3O5S. The molecule has 0 radical (unpaired) electrons. The molecule has 0 saturated carbocycles. The number of benzene rings is 1. The Hall–Kier alpha value is -3.38. The number of nitrogens with one attached hydrogen (secondary N) is 1. The highest BCUT2D eigenvalue weighted by Gasteiger charge is 2.42. The monoisotopic (exact) mass is 439 g/mol. The van der Waals surface area contributed by atoms with Crippen molar-refractivity contribution in [1.29, 1.82) is 5.26 Å². The molecule has 2 aromatic rings. The summed E-state index contributed by atoms with van der Waals surface area (Å²) in [6.45, 7) is 2.86. The first-order valence-corrected chi connectivity index (χ1v) is 10.8. The molecule has 2 amide bonds. The highest BCUT2D eigenvalue weighted by molar-refractivity contribution is 7.16. The summed E-state index contributed by atoms with van der Waals surface area (Å²) in [5.74, 6) is -1.74. The van der Waals surface area contributed by atoms with Gasteiger partial charge in [0.15, 0.2) is 5.60 Å². The summed E-state index contributed by atoms with van der Waals surface area (Å²) in [6.07, 6.45) is 3.83. The first-order valence-electron chi connectivity index (χ1n) is 9.94. The third kappa shape index (κ3) is 3.75. The van der Waals surface area contributed by atoms with Crippen molar-refractivity contribution in [2.75, 3.05) is 16.8 Å². The van der Waals surface area contributed by atoms with E-state index in [1.54, 1.807) is 13.8 Å². The van der Waals surface area contributed by atoms with Crippen LogP contribution >= 0.6 is 11.3 Å². The molecular weight excluding hydrogens is 418 g/mol. The normalized spacial score (nSPS) is 16.5. The van der Waals surface area contributed by atoms with Crippen LogP contribution in [0.3, 0.4) is 0 Å². The maximum absolute atomic E-state index is 13.0. The van der Waals surface area contributed by atoms with Gasteiger partial charge in [0.2, 0.25) is 5.91 Å². The van der Waals surface area contributed by atoms with Crippen molar-refractivity contribution in [1.82, 2.24) is 0 Å². The summed E-state index contributed by atoms with van der Waals surface area (Å²) in [6, 6.07) is 6.38. The fourth-order valence-corrected chi connectivity index (χ4v) is 5.20. The summed E-state index contributed by atoms with van der Waals surface area (Å²) in [5, 5.41) is 22.1. The molecule has 0 unspecified atom stereocenters. The minimum atomic E-state index is -1.26. The van der Waals surface area contributed by atoms with E-state index in [-0.39, 0.29) is 17.9 Å². The molecule has 1 aromatic heterocycles. The largest absolute Gasteiger partial charge is 0.478 e. The Labute approximate surface area is 183 Å². The number of anilines is 2. The van der Waals surface area contributed by atoms with Crippen molar-refractivity contribution in [3.63, 3.8) is 0 Å². The minimum Gasteiger partial charge on any atom is -0.478 e. The van der Waals surface area contributed by atoms with Gasteiger partial charge in [-0.3, -0.25) is 14.5 Å². The number of aryl methyl sites for hydroxylation is 1. The second-order valence-corrected chi connectivity index (χ2v) is 9.17. The zero-order chi connectivity index (χ0) is 22.3. The first-order chi connectivity index (χ1) is 14.7. The maximum Gasteiger partial charge on any atom is 0.335 e. The summed E-state index contributed by atoms with van der Waals surface area (Å²) in [7, 11) is 0. The zero-order valence-electron chi connectivity index (χ0n) is 17.2. The van der Waals surface area contributed by atoms with Gasteiger partial charge in [-0.2, -0.15) is 5.26 Å². The smallest absolute Gasteiger partial charge is 0.335 e. The molecule has 1 aliphatic heterocycles. The van der Waals surface area contributed by atoms with E-state index in [0.29, 0.717) is 16.3 Å². The number of carboxylic acids is 1. The Morgan fingerprint density at radius 1 is 1.32 bits per heavy atom. The first kappa shape index (κ1) is 20.9. The van der Waals surface area contributed by atoms with Crippen LogP contribution in [0.5, 0.6) is 5.75 Å². The zero-order valence-corrected chi connectivity index (χ0v) is 18.0. The van der Waals surface area contributed by atoms with Crippen LogP contribution in [0, 0.1) is 11.3 Å². The third-order valence-corrected chi connectivity index (χ3v) is 6.67. The molecule has 0 bridgehead atoms. The Bertz CT molecular complexity index is 1140. The highest BCUT2D eigenvalue weighted by Crippen LogP contribution is 2.40. The fourth-order valence-electron chi connectivity index (χ4n) is 3.94. The topological polar surface area (TPSA) is 120 Å². The van der Waals surface area contributed by atoms with E-state index >= 15 is 0 Å². The number of nitriles is 1. The Morgan fingerprint density at radius 2 is 2.06 bits per heavy atom. The van der Waals surface area contributed by atoms with Gasteiger partial charge >= 0.3 is 5.97 Å². The lowest BCUT2D eigenvalue weighted by Crippen LogP contribution is -2.54. The Morgan fingerprint density at radius 3 is 2.77 bits per heavy atom. The number of amides is 2. The third-order valence-electron chi connectivity index (χ3n) is 5.46. The van der Waals surface area contributed by atoms with Gasteiger partial charge in [0.25, 0.3) is 5.91 Å². The average Bonchev–Trinajstić information content (AvgIpc) is 3.07. The molecule has 1 aliphatic carbocycles. The number of aromatic carboxylic acids is 1. The molecule has 0 saturated heterocycles. The predicted octanol–water partition coefficient (Wildman–Crippen LogP) is 3.34. The molecule has 2 heterocycles. The van der Waals surface area contributed by atoms with Crippen LogP contribution in [0.1, 0.15) is 53.1 Å². The van der Waals surface area contributed by atoms with E-state index < -0.39 is 23.4 Å². The van der Waals surface area contributed by atoms with Crippen LogP contribution in [0.4, 0.5) is 10.7 Å². The lowest BCUT2D eigenvalue weighted by Gasteiger charge is -2.38. The van der Waals surface area contributed by atoms with Gasteiger partial charge in [-0.1, -0.05) is 0 Å². The number of carboxylic acid groups (broad SMARTS) is 1. The van der Waals surface area contributed by atoms with Gasteiger partial charge in [0, 0.05) is 4.88 Å². The van der Waals surface area contributed by atoms with Gasteiger partial charge in [0.1, 0.15) is 23.4 Å². The van der Waals surface area contributed by atoms with Crippen LogP contribution < -0.4 is 15.0 Å². The van der Waals surface area contributed by atoms with Crippen LogP contribution in [0.2, 0.25) is 0 Å². The van der Waals surface area contributed by atoms with Crippen molar-refractivity contribution < 1.29 is 24.2 Å². The molecule has 160 valence electrons. The van der Waals surface area contributed by atoms with E-state index in [1.165, 1.54) is 34.4 Å². The molecule has 1 aromatic carbocycles. The SMILES string of the molecule is CC1(C)Oc2cc(C(=O)O)ccc2N(CC(=O)Nc2sc3c(c2C#N)CCCC3)C1=O. The van der Waals surface area contributed by atoms with Gasteiger partial charge in [-0.15, -0.1) is 11.3 Å². The number of nitrogens with zero attached hydrogens (tertiary/aromatic N) is 2. The van der Waals surface area contributed by atoms with Crippen LogP contribution in [0.15, 0.2) is 18.2 Å². The number of hydrogen-bond acceptors (Lipinski definition) is 6. The van der Waals surface area contributed by atoms with Gasteiger partial charge < -0.3 is 15.2 Å². The van der Waals surface area contributed by atoms with Crippen molar-refractivity contribution in [2.24, 2.45) is 0 Å². The summed E-state index contributed by atoms with van der Waals surface area (Å²) in [4.78, 5) is 39.5. The number of fused-ring (bicyclic) bond motifs is 2. The second kappa shape index (κ2) is 7.71. The maximum atomic E-state index is 13.0. The van der Waals surface area contributed by atoms with Crippen LogP contribution in [0.25, 0.3) is 0 Å². The average molecular weight is 439 g/mol. The van der Waals surface area contributed by atoms with Crippen molar-refractivity contribution in [3.8, 4) is 11.8 Å².